The van der Waals surface area contributed by atoms with Crippen molar-refractivity contribution >= 4 is 0 Å². The SMILES string of the molecule is COc1cccc2c1OC(CN1C3CCC1CC(O)(c1ccccn1)C3)CO2. The molecule has 1 N–H and O–H groups in total. The van der Waals surface area contributed by atoms with E-state index in [4.69, 9.17) is 14.2 Å². The lowest BCUT2D eigenvalue weighted by Gasteiger charge is -2.44. The Morgan fingerprint density at radius 2 is 2.00 bits per heavy atom. The molecule has 28 heavy (non-hydrogen) atoms. The number of rotatable bonds is 4. The molecule has 6 heteroatoms. The van der Waals surface area contributed by atoms with Gasteiger partial charge in [0, 0.05) is 24.8 Å². The number of aliphatic hydroxyl groups is 1. The van der Waals surface area contributed by atoms with Crippen LogP contribution >= 0.6 is 0 Å². The number of methoxy groups -OCH3 is 1. The topological polar surface area (TPSA) is 64.1 Å². The Hall–Kier alpha value is -2.31. The average Bonchev–Trinajstić information content (AvgIpc) is 2.97. The van der Waals surface area contributed by atoms with Crippen molar-refractivity contribution in [1.82, 2.24) is 9.88 Å². The van der Waals surface area contributed by atoms with Gasteiger partial charge in [-0.15, -0.1) is 0 Å². The smallest absolute Gasteiger partial charge is 0.204 e. The fourth-order valence-electron chi connectivity index (χ4n) is 5.06. The van der Waals surface area contributed by atoms with Crippen molar-refractivity contribution in [3.05, 3.63) is 48.3 Å². The highest BCUT2D eigenvalue weighted by molar-refractivity contribution is 5.52. The summed E-state index contributed by atoms with van der Waals surface area (Å²) in [5, 5.41) is 11.3. The van der Waals surface area contributed by atoms with Gasteiger partial charge in [-0.3, -0.25) is 9.88 Å². The van der Waals surface area contributed by atoms with E-state index in [0.717, 1.165) is 30.8 Å². The largest absolute Gasteiger partial charge is 0.493 e. The summed E-state index contributed by atoms with van der Waals surface area (Å²) in [6.07, 6.45) is 5.36. The number of pyridine rings is 1. The molecule has 0 spiro atoms. The monoisotopic (exact) mass is 382 g/mol. The maximum Gasteiger partial charge on any atom is 0.204 e. The van der Waals surface area contributed by atoms with Crippen molar-refractivity contribution in [2.24, 2.45) is 0 Å². The van der Waals surface area contributed by atoms with Crippen LogP contribution < -0.4 is 14.2 Å². The molecule has 2 fully saturated rings. The summed E-state index contributed by atoms with van der Waals surface area (Å²) in [5.74, 6) is 2.13. The first kappa shape index (κ1) is 17.8. The van der Waals surface area contributed by atoms with Crippen molar-refractivity contribution in [3.8, 4) is 17.2 Å². The number of para-hydroxylation sites is 1. The average molecular weight is 382 g/mol. The van der Waals surface area contributed by atoms with Crippen LogP contribution in [0.2, 0.25) is 0 Å². The van der Waals surface area contributed by atoms with Crippen LogP contribution in [0, 0.1) is 0 Å². The first-order valence-electron chi connectivity index (χ1n) is 10.0. The van der Waals surface area contributed by atoms with Gasteiger partial charge >= 0.3 is 0 Å². The van der Waals surface area contributed by atoms with Crippen molar-refractivity contribution < 1.29 is 19.3 Å². The summed E-state index contributed by atoms with van der Waals surface area (Å²) in [4.78, 5) is 6.93. The van der Waals surface area contributed by atoms with E-state index in [0.29, 0.717) is 43.0 Å². The highest BCUT2D eigenvalue weighted by Crippen LogP contribution is 2.46. The summed E-state index contributed by atoms with van der Waals surface area (Å²) in [7, 11) is 1.64. The Bertz CT molecular complexity index is 815. The van der Waals surface area contributed by atoms with E-state index in [1.54, 1.807) is 13.3 Å². The molecular weight excluding hydrogens is 356 g/mol. The predicted octanol–water partition coefficient (Wildman–Crippen LogP) is 2.74. The number of hydrogen-bond acceptors (Lipinski definition) is 6. The number of aromatic nitrogens is 1. The first-order valence-corrected chi connectivity index (χ1v) is 10.0. The van der Waals surface area contributed by atoms with Gasteiger partial charge in [0.15, 0.2) is 11.5 Å². The zero-order valence-corrected chi connectivity index (χ0v) is 16.1. The third-order valence-electron chi connectivity index (χ3n) is 6.35. The van der Waals surface area contributed by atoms with E-state index >= 15 is 0 Å². The number of nitrogens with zero attached hydrogens (tertiary/aromatic N) is 2. The molecule has 2 aromatic rings. The highest BCUT2D eigenvalue weighted by atomic mass is 16.6. The van der Waals surface area contributed by atoms with E-state index in [9.17, 15) is 5.11 Å². The fourth-order valence-corrected chi connectivity index (χ4v) is 5.06. The second-order valence-corrected chi connectivity index (χ2v) is 8.07. The van der Waals surface area contributed by atoms with E-state index in [1.807, 2.05) is 36.4 Å². The molecule has 3 aliphatic rings. The van der Waals surface area contributed by atoms with Crippen LogP contribution in [-0.4, -0.2) is 53.4 Å². The Kier molecular flexibility index (Phi) is 4.40. The van der Waals surface area contributed by atoms with E-state index < -0.39 is 5.60 Å². The molecule has 3 aliphatic heterocycles. The molecule has 0 aliphatic carbocycles. The molecule has 4 heterocycles. The van der Waals surface area contributed by atoms with Crippen LogP contribution in [-0.2, 0) is 5.60 Å². The normalized spacial score (nSPS) is 31.6. The molecule has 3 atom stereocenters. The van der Waals surface area contributed by atoms with Crippen molar-refractivity contribution in [3.63, 3.8) is 0 Å². The third-order valence-corrected chi connectivity index (χ3v) is 6.35. The third kappa shape index (κ3) is 3.01. The van der Waals surface area contributed by atoms with Gasteiger partial charge in [-0.25, -0.2) is 0 Å². The summed E-state index contributed by atoms with van der Waals surface area (Å²) in [6, 6.07) is 12.2. The van der Waals surface area contributed by atoms with Crippen LogP contribution in [0.15, 0.2) is 42.6 Å². The van der Waals surface area contributed by atoms with Gasteiger partial charge in [0.05, 0.1) is 12.8 Å². The molecular formula is C22H26N2O4. The Morgan fingerprint density at radius 1 is 1.18 bits per heavy atom. The minimum atomic E-state index is -0.830. The lowest BCUT2D eigenvalue weighted by molar-refractivity contribution is -0.0713. The molecule has 2 bridgehead atoms. The van der Waals surface area contributed by atoms with E-state index in [-0.39, 0.29) is 6.10 Å². The zero-order chi connectivity index (χ0) is 19.1. The van der Waals surface area contributed by atoms with Gasteiger partial charge in [0.2, 0.25) is 5.75 Å². The quantitative estimate of drug-likeness (QED) is 0.877. The number of piperidine rings is 1. The Balaban J connectivity index is 1.30. The zero-order valence-electron chi connectivity index (χ0n) is 16.1. The molecule has 148 valence electrons. The fraction of sp³-hybridized carbons (Fsp3) is 0.500. The summed E-state index contributed by atoms with van der Waals surface area (Å²) >= 11 is 0. The van der Waals surface area contributed by atoms with Gasteiger partial charge in [-0.05, 0) is 49.9 Å². The van der Waals surface area contributed by atoms with Crippen LogP contribution in [0.25, 0.3) is 0 Å². The lowest BCUT2D eigenvalue weighted by atomic mass is 9.83. The van der Waals surface area contributed by atoms with E-state index in [1.165, 1.54) is 0 Å². The summed E-state index contributed by atoms with van der Waals surface area (Å²) in [5.41, 5.74) is -0.0361. The maximum atomic E-state index is 11.3. The van der Waals surface area contributed by atoms with Crippen molar-refractivity contribution in [2.45, 2.75) is 49.5 Å². The van der Waals surface area contributed by atoms with Crippen molar-refractivity contribution in [1.29, 1.82) is 0 Å². The van der Waals surface area contributed by atoms with Gasteiger partial charge in [-0.2, -0.15) is 0 Å². The highest BCUT2D eigenvalue weighted by Gasteiger charge is 2.49. The van der Waals surface area contributed by atoms with Gasteiger partial charge in [0.1, 0.15) is 18.3 Å². The van der Waals surface area contributed by atoms with Gasteiger partial charge < -0.3 is 19.3 Å². The maximum absolute atomic E-state index is 11.3. The molecule has 0 amide bonds. The second kappa shape index (κ2) is 6.94. The predicted molar refractivity (Wildman–Crippen MR) is 104 cm³/mol. The van der Waals surface area contributed by atoms with Crippen LogP contribution in [0.3, 0.4) is 0 Å². The van der Waals surface area contributed by atoms with Crippen LogP contribution in [0.5, 0.6) is 17.2 Å². The van der Waals surface area contributed by atoms with Crippen LogP contribution in [0.4, 0.5) is 0 Å². The molecule has 6 nitrogen and oxygen atoms in total. The second-order valence-electron chi connectivity index (χ2n) is 8.07. The Labute approximate surface area is 165 Å². The number of hydrogen-bond donors (Lipinski definition) is 1. The van der Waals surface area contributed by atoms with Gasteiger partial charge in [0.25, 0.3) is 0 Å². The lowest BCUT2D eigenvalue weighted by Crippen LogP contribution is -2.53. The number of benzene rings is 1. The molecule has 3 unspecified atom stereocenters. The van der Waals surface area contributed by atoms with Crippen LogP contribution in [0.1, 0.15) is 31.4 Å². The molecule has 0 radical (unpaired) electrons. The van der Waals surface area contributed by atoms with Crippen molar-refractivity contribution in [2.75, 3.05) is 20.3 Å². The molecule has 1 aromatic heterocycles. The van der Waals surface area contributed by atoms with E-state index in [2.05, 4.69) is 9.88 Å². The number of fused-ring (bicyclic) bond motifs is 3. The minimum absolute atomic E-state index is 0.0482. The molecule has 1 aromatic carbocycles. The first-order chi connectivity index (χ1) is 13.7. The molecule has 2 saturated heterocycles. The number of ether oxygens (including phenoxy) is 3. The van der Waals surface area contributed by atoms with Gasteiger partial charge in [-0.1, -0.05) is 12.1 Å². The summed E-state index contributed by atoms with van der Waals surface area (Å²) in [6.45, 7) is 1.33. The molecule has 0 saturated carbocycles. The standard InChI is InChI=1S/C22H26N2O4/c1-26-18-5-4-6-19-21(18)28-17(14-27-19)13-24-15-8-9-16(24)12-22(25,11-15)20-7-2-3-10-23-20/h2-7,10,15-17,25H,8-9,11-14H2,1H3. The Morgan fingerprint density at radius 3 is 2.71 bits per heavy atom. The molecule has 5 rings (SSSR count). The minimum Gasteiger partial charge on any atom is -0.493 e. The summed E-state index contributed by atoms with van der Waals surface area (Å²) < 4.78 is 17.6.